The summed E-state index contributed by atoms with van der Waals surface area (Å²) in [5, 5.41) is 0. The molecule has 6 nitrogen and oxygen atoms in total. The van der Waals surface area contributed by atoms with Gasteiger partial charge in [0.15, 0.2) is 6.10 Å². The first-order chi connectivity index (χ1) is 36.5. The minimum Gasteiger partial charge on any atom is -0.462 e. The molecule has 0 heterocycles. The minimum absolute atomic E-state index is 0.0672. The molecule has 0 aliphatic heterocycles. The van der Waals surface area contributed by atoms with E-state index in [9.17, 15) is 14.4 Å². The topological polar surface area (TPSA) is 78.9 Å². The number of unbranched alkanes of at least 4 members (excludes halogenated alkanes) is 47. The third-order valence-corrected chi connectivity index (χ3v) is 15.2. The first-order valence-corrected chi connectivity index (χ1v) is 33.3. The van der Waals surface area contributed by atoms with Gasteiger partial charge >= 0.3 is 17.9 Å². The summed E-state index contributed by atoms with van der Waals surface area (Å²) in [5.41, 5.74) is 0. The molecule has 0 radical (unpaired) electrons. The smallest absolute Gasteiger partial charge is 0.306 e. The Bertz CT molecular complexity index is 1190. The zero-order valence-corrected chi connectivity index (χ0v) is 50.1. The van der Waals surface area contributed by atoms with Crippen molar-refractivity contribution in [3.8, 4) is 0 Å². The minimum atomic E-state index is -0.771. The maximum absolute atomic E-state index is 12.9. The Hall–Kier alpha value is -2.11. The molecule has 6 heteroatoms. The SMILES string of the molecule is CCCCCCCC/C=C\CCCCCCCCCCCC(=O)OC(COC(=O)CCCCCCCCCCC/C=C\CCCCCCCCCC)COC(=O)CCCCCCCCCCCCCCCCCC. The van der Waals surface area contributed by atoms with Gasteiger partial charge in [0.2, 0.25) is 0 Å². The molecule has 0 aromatic carbocycles. The molecule has 0 aliphatic carbocycles. The van der Waals surface area contributed by atoms with Crippen LogP contribution in [0.1, 0.15) is 374 Å². The molecule has 74 heavy (non-hydrogen) atoms. The summed E-state index contributed by atoms with van der Waals surface area (Å²) in [6.07, 6.45) is 76.1. The summed E-state index contributed by atoms with van der Waals surface area (Å²) in [5.74, 6) is -0.842. The van der Waals surface area contributed by atoms with Crippen LogP contribution in [0.4, 0.5) is 0 Å². The first-order valence-electron chi connectivity index (χ1n) is 33.3. The largest absolute Gasteiger partial charge is 0.462 e. The summed E-state index contributed by atoms with van der Waals surface area (Å²) in [4.78, 5) is 38.4. The predicted molar refractivity (Wildman–Crippen MR) is 321 cm³/mol. The van der Waals surface area contributed by atoms with Crippen LogP contribution in [0.5, 0.6) is 0 Å². The predicted octanol–water partition coefficient (Wildman–Crippen LogP) is 22.6. The molecule has 0 saturated carbocycles. The number of hydrogen-bond donors (Lipinski definition) is 0. The van der Waals surface area contributed by atoms with Gasteiger partial charge in [-0.3, -0.25) is 14.4 Å². The van der Waals surface area contributed by atoms with Gasteiger partial charge in [0, 0.05) is 19.3 Å². The van der Waals surface area contributed by atoms with E-state index in [0.717, 1.165) is 57.8 Å². The summed E-state index contributed by atoms with van der Waals surface area (Å²) in [6, 6.07) is 0. The quantitative estimate of drug-likeness (QED) is 0.0261. The molecule has 0 rings (SSSR count). The molecule has 0 fully saturated rings. The number of hydrogen-bond acceptors (Lipinski definition) is 6. The van der Waals surface area contributed by atoms with Crippen molar-refractivity contribution in [3.05, 3.63) is 24.3 Å². The van der Waals surface area contributed by atoms with E-state index < -0.39 is 6.10 Å². The first kappa shape index (κ1) is 71.9. The summed E-state index contributed by atoms with van der Waals surface area (Å²) < 4.78 is 17.0. The molecule has 436 valence electrons. The Morgan fingerprint density at radius 1 is 0.257 bits per heavy atom. The standard InChI is InChI=1S/C68H128O6/c1-4-7-10-13-16-19-22-25-28-31-33-34-36-37-40-43-46-49-52-55-58-61-67(70)73-64-65(63-72-66(69)60-57-54-51-48-45-42-39-30-27-24-21-18-15-12-9-6-3)74-68(71)62-59-56-53-50-47-44-41-38-35-32-29-26-23-20-17-14-11-8-5-2/h26,29,31,33,65H,4-25,27-28,30,32,34-64H2,1-3H3/b29-26-,33-31-. The lowest BCUT2D eigenvalue weighted by molar-refractivity contribution is -0.167. The van der Waals surface area contributed by atoms with E-state index in [0.29, 0.717) is 19.3 Å². The number of ether oxygens (including phenoxy) is 3. The highest BCUT2D eigenvalue weighted by Gasteiger charge is 2.19. The molecular formula is C68H128O6. The van der Waals surface area contributed by atoms with Gasteiger partial charge in [0.05, 0.1) is 0 Å². The zero-order chi connectivity index (χ0) is 53.6. The van der Waals surface area contributed by atoms with Crippen LogP contribution in [-0.4, -0.2) is 37.2 Å². The third-order valence-electron chi connectivity index (χ3n) is 15.2. The number of allylic oxidation sites excluding steroid dienone is 4. The van der Waals surface area contributed by atoms with Gasteiger partial charge in [-0.25, -0.2) is 0 Å². The molecule has 1 unspecified atom stereocenters. The Kier molecular flexibility index (Phi) is 61.6. The zero-order valence-electron chi connectivity index (χ0n) is 50.1. The fourth-order valence-corrected chi connectivity index (χ4v) is 10.1. The highest BCUT2D eigenvalue weighted by molar-refractivity contribution is 5.71. The van der Waals surface area contributed by atoms with Gasteiger partial charge in [-0.2, -0.15) is 0 Å². The van der Waals surface area contributed by atoms with Crippen LogP contribution in [0.2, 0.25) is 0 Å². The highest BCUT2D eigenvalue weighted by Crippen LogP contribution is 2.18. The molecular weight excluding hydrogens is 913 g/mol. The average molecular weight is 1040 g/mol. The normalized spacial score (nSPS) is 12.1. The molecule has 0 spiro atoms. The summed E-state index contributed by atoms with van der Waals surface area (Å²) in [6.45, 7) is 6.71. The lowest BCUT2D eigenvalue weighted by Gasteiger charge is -2.18. The van der Waals surface area contributed by atoms with Crippen molar-refractivity contribution < 1.29 is 28.6 Å². The lowest BCUT2D eigenvalue weighted by atomic mass is 10.0. The van der Waals surface area contributed by atoms with E-state index in [1.807, 2.05) is 0 Å². The molecule has 1 atom stereocenters. The molecule has 0 aromatic rings. The van der Waals surface area contributed by atoms with Crippen molar-refractivity contribution in [2.45, 2.75) is 380 Å². The van der Waals surface area contributed by atoms with Gasteiger partial charge in [-0.05, 0) is 70.6 Å². The second-order valence-corrected chi connectivity index (χ2v) is 22.7. The lowest BCUT2D eigenvalue weighted by Crippen LogP contribution is -2.30. The molecule has 0 N–H and O–H groups in total. The van der Waals surface area contributed by atoms with Crippen molar-refractivity contribution in [1.82, 2.24) is 0 Å². The second-order valence-electron chi connectivity index (χ2n) is 22.7. The number of rotatable bonds is 62. The Morgan fingerprint density at radius 2 is 0.446 bits per heavy atom. The maximum atomic E-state index is 12.9. The maximum Gasteiger partial charge on any atom is 0.306 e. The Morgan fingerprint density at radius 3 is 0.676 bits per heavy atom. The van der Waals surface area contributed by atoms with Crippen molar-refractivity contribution >= 4 is 17.9 Å². The fraction of sp³-hybridized carbons (Fsp3) is 0.897. The summed E-state index contributed by atoms with van der Waals surface area (Å²) >= 11 is 0. The monoisotopic (exact) mass is 1040 g/mol. The number of carbonyl (C=O) groups is 3. The van der Waals surface area contributed by atoms with Crippen LogP contribution in [0.3, 0.4) is 0 Å². The highest BCUT2D eigenvalue weighted by atomic mass is 16.6. The molecule has 0 bridgehead atoms. The van der Waals surface area contributed by atoms with Gasteiger partial charge in [-0.1, -0.05) is 308 Å². The fourth-order valence-electron chi connectivity index (χ4n) is 10.1. The van der Waals surface area contributed by atoms with E-state index >= 15 is 0 Å². The summed E-state index contributed by atoms with van der Waals surface area (Å²) in [7, 11) is 0. The van der Waals surface area contributed by atoms with Crippen LogP contribution >= 0.6 is 0 Å². The Labute approximate surface area is 462 Å². The molecule has 0 amide bonds. The van der Waals surface area contributed by atoms with Crippen molar-refractivity contribution in [2.24, 2.45) is 0 Å². The van der Waals surface area contributed by atoms with Crippen LogP contribution in [-0.2, 0) is 28.6 Å². The molecule has 0 aliphatic rings. The van der Waals surface area contributed by atoms with Crippen LogP contribution in [0.25, 0.3) is 0 Å². The van der Waals surface area contributed by atoms with E-state index in [4.69, 9.17) is 14.2 Å². The van der Waals surface area contributed by atoms with E-state index in [2.05, 4.69) is 45.1 Å². The van der Waals surface area contributed by atoms with Crippen molar-refractivity contribution in [3.63, 3.8) is 0 Å². The second kappa shape index (κ2) is 63.4. The van der Waals surface area contributed by atoms with Crippen molar-refractivity contribution in [1.29, 1.82) is 0 Å². The average Bonchev–Trinajstić information content (AvgIpc) is 3.40. The number of esters is 3. The molecule has 0 saturated heterocycles. The van der Waals surface area contributed by atoms with Gasteiger partial charge < -0.3 is 14.2 Å². The van der Waals surface area contributed by atoms with Crippen molar-refractivity contribution in [2.75, 3.05) is 13.2 Å². The van der Waals surface area contributed by atoms with Crippen LogP contribution in [0, 0.1) is 0 Å². The third kappa shape index (κ3) is 60.8. The Balaban J connectivity index is 4.31. The molecule has 0 aromatic heterocycles. The van der Waals surface area contributed by atoms with E-state index in [1.165, 1.54) is 276 Å². The van der Waals surface area contributed by atoms with E-state index in [1.54, 1.807) is 0 Å². The van der Waals surface area contributed by atoms with Gasteiger partial charge in [-0.15, -0.1) is 0 Å². The number of carbonyl (C=O) groups excluding carboxylic acids is 3. The van der Waals surface area contributed by atoms with Gasteiger partial charge in [0.25, 0.3) is 0 Å². The van der Waals surface area contributed by atoms with E-state index in [-0.39, 0.29) is 31.1 Å². The van der Waals surface area contributed by atoms with Gasteiger partial charge in [0.1, 0.15) is 13.2 Å². The van der Waals surface area contributed by atoms with Crippen LogP contribution < -0.4 is 0 Å². The van der Waals surface area contributed by atoms with Crippen LogP contribution in [0.15, 0.2) is 24.3 Å².